The molecule has 0 heterocycles. The molecule has 3 aromatic carbocycles. The molecular weight excluding hydrogens is 386 g/mol. The second-order valence-corrected chi connectivity index (χ2v) is 8.26. The lowest BCUT2D eigenvalue weighted by molar-refractivity contribution is -0.117. The lowest BCUT2D eigenvalue weighted by atomic mass is 9.95. The minimum absolute atomic E-state index is 0. The highest BCUT2D eigenvalue weighted by molar-refractivity contribution is 5.96. The third-order valence-corrected chi connectivity index (χ3v) is 5.73. The van der Waals surface area contributed by atoms with Gasteiger partial charge >= 0.3 is 0 Å². The first kappa shape index (κ1) is 20.9. The van der Waals surface area contributed by atoms with Crippen molar-refractivity contribution in [3.05, 3.63) is 90.0 Å². The highest BCUT2D eigenvalue weighted by Crippen LogP contribution is 2.29. The van der Waals surface area contributed by atoms with Crippen LogP contribution in [0.4, 0.5) is 0 Å². The van der Waals surface area contributed by atoms with E-state index in [1.165, 1.54) is 5.57 Å². The molecule has 162 valence electrons. The zero-order valence-electron chi connectivity index (χ0n) is 17.8. The fraction of sp³-hybridized carbons (Fsp3) is 0.259. The van der Waals surface area contributed by atoms with Gasteiger partial charge in [-0.2, -0.15) is 0 Å². The summed E-state index contributed by atoms with van der Waals surface area (Å²) in [6, 6.07) is 20.8. The molecule has 1 aliphatic rings. The third kappa shape index (κ3) is 5.02. The zero-order valence-corrected chi connectivity index (χ0v) is 17.8. The summed E-state index contributed by atoms with van der Waals surface area (Å²) in [5.74, 6) is 0.484. The van der Waals surface area contributed by atoms with Gasteiger partial charge in [-0.3, -0.25) is 9.59 Å². The lowest BCUT2D eigenvalue weighted by Gasteiger charge is -2.20. The summed E-state index contributed by atoms with van der Waals surface area (Å²) >= 11 is 0. The van der Waals surface area contributed by atoms with Crippen molar-refractivity contribution in [1.82, 2.24) is 5.32 Å². The Kier molecular flexibility index (Phi) is 6.17. The fourth-order valence-corrected chi connectivity index (χ4v) is 4.22. The van der Waals surface area contributed by atoms with E-state index in [2.05, 4.69) is 11.9 Å². The summed E-state index contributed by atoms with van der Waals surface area (Å²) < 4.78 is 6.05. The largest absolute Gasteiger partial charge is 0.490 e. The number of amides is 1. The molecule has 1 fully saturated rings. The van der Waals surface area contributed by atoms with E-state index in [-0.39, 0.29) is 27.1 Å². The molecule has 0 saturated heterocycles. The Bertz CT molecular complexity index is 1140. The molecular formula is C27H31NO3. The van der Waals surface area contributed by atoms with Crippen LogP contribution < -0.4 is 10.1 Å². The summed E-state index contributed by atoms with van der Waals surface area (Å²) in [6.07, 6.45) is 3.16. The fourth-order valence-electron chi connectivity index (χ4n) is 4.22. The molecule has 2 atom stereocenters. The smallest absolute Gasteiger partial charge is 0.251 e. The van der Waals surface area contributed by atoms with Crippen LogP contribution in [0.1, 0.15) is 57.4 Å². The molecule has 4 rings (SSSR count). The molecule has 0 radical (unpaired) electrons. The summed E-state index contributed by atoms with van der Waals surface area (Å²) in [5.41, 5.74) is 2.67. The number of fused-ring (bicyclic) bond motifs is 1. The first-order chi connectivity index (χ1) is 15.0. The van der Waals surface area contributed by atoms with Crippen LogP contribution >= 0.6 is 0 Å². The highest BCUT2D eigenvalue weighted by atomic mass is 16.5. The summed E-state index contributed by atoms with van der Waals surface area (Å²) in [6.45, 7) is 5.58. The number of benzene rings is 3. The van der Waals surface area contributed by atoms with Crippen molar-refractivity contribution in [2.45, 2.75) is 44.8 Å². The molecule has 0 aliphatic heterocycles. The Balaban J connectivity index is 0.00000193. The van der Waals surface area contributed by atoms with Gasteiger partial charge < -0.3 is 10.1 Å². The number of hydrogen-bond acceptors (Lipinski definition) is 3. The molecule has 1 amide bonds. The van der Waals surface area contributed by atoms with Gasteiger partial charge in [0, 0.05) is 21.3 Å². The van der Waals surface area contributed by atoms with Crippen LogP contribution in [0.2, 0.25) is 0 Å². The lowest BCUT2D eigenvalue weighted by Crippen LogP contribution is -2.30. The van der Waals surface area contributed by atoms with Crippen LogP contribution in [0.15, 0.2) is 78.9 Å². The molecule has 0 spiro atoms. The number of Topliss-reactive ketones (excluding diaryl/α,β-unsaturated/α-hetero) is 1. The average molecular weight is 418 g/mol. The SMILES string of the molecule is C=C1CCC(Oc2cccc(C(=O)N[C@H](CC(C)=O)c3cccc4ccccc34)c2)C1.[HH].[HH]. The van der Waals surface area contributed by atoms with Crippen molar-refractivity contribution in [3.63, 3.8) is 0 Å². The zero-order chi connectivity index (χ0) is 21.8. The van der Waals surface area contributed by atoms with Crippen molar-refractivity contribution in [1.29, 1.82) is 0 Å². The van der Waals surface area contributed by atoms with Gasteiger partial charge in [0.2, 0.25) is 0 Å². The first-order valence-corrected chi connectivity index (χ1v) is 10.7. The van der Waals surface area contributed by atoms with Gasteiger partial charge in [-0.15, -0.1) is 0 Å². The minimum Gasteiger partial charge on any atom is -0.490 e. The molecule has 3 aromatic rings. The average Bonchev–Trinajstić information content (AvgIpc) is 3.17. The number of rotatable bonds is 7. The normalized spacial score (nSPS) is 16.8. The molecule has 1 saturated carbocycles. The van der Waals surface area contributed by atoms with Crippen molar-refractivity contribution in [3.8, 4) is 5.75 Å². The second-order valence-electron chi connectivity index (χ2n) is 8.26. The molecule has 1 aliphatic carbocycles. The van der Waals surface area contributed by atoms with E-state index < -0.39 is 6.04 Å². The Morgan fingerprint density at radius 3 is 2.68 bits per heavy atom. The van der Waals surface area contributed by atoms with Gasteiger partial charge in [-0.05, 0) is 54.3 Å². The van der Waals surface area contributed by atoms with E-state index in [0.717, 1.165) is 35.6 Å². The van der Waals surface area contributed by atoms with Gasteiger partial charge in [0.25, 0.3) is 5.91 Å². The maximum absolute atomic E-state index is 13.1. The van der Waals surface area contributed by atoms with Gasteiger partial charge in [-0.1, -0.05) is 60.7 Å². The number of ether oxygens (including phenoxy) is 1. The van der Waals surface area contributed by atoms with Crippen molar-refractivity contribution in [2.75, 3.05) is 0 Å². The van der Waals surface area contributed by atoms with Crippen LogP contribution in [0.3, 0.4) is 0 Å². The van der Waals surface area contributed by atoms with Crippen LogP contribution in [-0.4, -0.2) is 17.8 Å². The predicted molar refractivity (Wildman–Crippen MR) is 128 cm³/mol. The van der Waals surface area contributed by atoms with E-state index in [4.69, 9.17) is 4.74 Å². The standard InChI is InChI=1S/C27H27NO3.2H2/c1-18-13-14-23(15-18)31-22-10-5-9-21(17-22)27(30)28-26(16-19(2)29)25-12-6-8-20-7-3-4-11-24(20)25;;/h3-12,17,23,26H,1,13-16H2,2H3,(H,28,30);2*1H/t23?,26-;;/m1../s1. The Labute approximate surface area is 185 Å². The maximum Gasteiger partial charge on any atom is 0.251 e. The minimum atomic E-state index is -0.404. The monoisotopic (exact) mass is 417 g/mol. The van der Waals surface area contributed by atoms with E-state index in [9.17, 15) is 9.59 Å². The Hall–Kier alpha value is -3.40. The van der Waals surface area contributed by atoms with Gasteiger partial charge in [0.05, 0.1) is 6.04 Å². The van der Waals surface area contributed by atoms with E-state index in [1.807, 2.05) is 54.6 Å². The maximum atomic E-state index is 13.1. The summed E-state index contributed by atoms with van der Waals surface area (Å²) in [5, 5.41) is 5.19. The van der Waals surface area contributed by atoms with Gasteiger partial charge in [0.1, 0.15) is 17.6 Å². The Morgan fingerprint density at radius 2 is 1.90 bits per heavy atom. The highest BCUT2D eigenvalue weighted by Gasteiger charge is 2.22. The molecule has 0 bridgehead atoms. The number of nitrogens with one attached hydrogen (secondary N) is 1. The van der Waals surface area contributed by atoms with Crippen molar-refractivity contribution < 1.29 is 17.2 Å². The molecule has 4 nitrogen and oxygen atoms in total. The molecule has 4 heteroatoms. The van der Waals surface area contributed by atoms with Crippen LogP contribution in [0.5, 0.6) is 5.75 Å². The number of carbonyl (C=O) groups is 2. The van der Waals surface area contributed by atoms with Crippen LogP contribution in [0, 0.1) is 0 Å². The Morgan fingerprint density at radius 1 is 1.13 bits per heavy atom. The van der Waals surface area contributed by atoms with Crippen LogP contribution in [-0.2, 0) is 4.79 Å². The van der Waals surface area contributed by atoms with E-state index in [0.29, 0.717) is 11.3 Å². The number of hydrogen-bond donors (Lipinski definition) is 1. The first-order valence-electron chi connectivity index (χ1n) is 10.7. The number of ketones is 1. The topological polar surface area (TPSA) is 55.4 Å². The van der Waals surface area contributed by atoms with Gasteiger partial charge in [-0.25, -0.2) is 0 Å². The quantitative estimate of drug-likeness (QED) is 0.461. The third-order valence-electron chi connectivity index (χ3n) is 5.73. The summed E-state index contributed by atoms with van der Waals surface area (Å²) in [7, 11) is 0. The van der Waals surface area contributed by atoms with E-state index in [1.54, 1.807) is 19.1 Å². The molecule has 31 heavy (non-hydrogen) atoms. The van der Waals surface area contributed by atoms with Crippen molar-refractivity contribution >= 4 is 22.5 Å². The molecule has 0 aromatic heterocycles. The second kappa shape index (κ2) is 9.17. The number of carbonyl (C=O) groups excluding carboxylic acids is 2. The van der Waals surface area contributed by atoms with E-state index >= 15 is 0 Å². The van der Waals surface area contributed by atoms with Crippen LogP contribution in [0.25, 0.3) is 10.8 Å². The molecule has 1 N–H and O–H groups in total. The van der Waals surface area contributed by atoms with Gasteiger partial charge in [0.15, 0.2) is 0 Å². The predicted octanol–water partition coefficient (Wildman–Crippen LogP) is 6.27. The summed E-state index contributed by atoms with van der Waals surface area (Å²) in [4.78, 5) is 25.1. The molecule has 1 unspecified atom stereocenters. The van der Waals surface area contributed by atoms with Crippen molar-refractivity contribution in [2.24, 2.45) is 0 Å².